The van der Waals surface area contributed by atoms with Gasteiger partial charge in [-0.15, -0.1) is 0 Å². The summed E-state index contributed by atoms with van der Waals surface area (Å²) in [5.41, 5.74) is 14.4. The van der Waals surface area contributed by atoms with Crippen molar-refractivity contribution in [1.29, 1.82) is 0 Å². The zero-order valence-electron chi connectivity index (χ0n) is 22.7. The summed E-state index contributed by atoms with van der Waals surface area (Å²) in [6.45, 7) is 15.1. The molecule has 7 nitrogen and oxygen atoms in total. The van der Waals surface area contributed by atoms with E-state index in [0.717, 1.165) is 22.8 Å². The standard InChI is InChI=1S/C29H44N6O/c1-28(2,3)34-25(32-17-15-30)19-21-7-11-23(12-8-21)27(36)24-13-9-22(10-14-24)20-26(33-18-16-31)35-29(4,5)6/h7-14,19-20,32-35H,15-18,30-31H2,1-6H3. The van der Waals surface area contributed by atoms with E-state index in [0.29, 0.717) is 37.3 Å². The number of carbonyl (C=O) groups is 1. The minimum absolute atomic E-state index is 0.00958. The second kappa shape index (κ2) is 13.1. The fourth-order valence-corrected chi connectivity index (χ4v) is 3.45. The van der Waals surface area contributed by atoms with Gasteiger partial charge in [0.25, 0.3) is 0 Å². The highest BCUT2D eigenvalue weighted by atomic mass is 16.1. The molecule has 0 aliphatic carbocycles. The molecule has 2 aromatic rings. The summed E-state index contributed by atoms with van der Waals surface area (Å²) in [4.78, 5) is 13.1. The van der Waals surface area contributed by atoms with Crippen LogP contribution in [0.15, 0.2) is 60.2 Å². The van der Waals surface area contributed by atoms with Crippen molar-refractivity contribution in [3.8, 4) is 0 Å². The SMILES string of the molecule is CC(C)(C)NC(=Cc1ccc(C(=O)c2ccc(C=C(NCCN)NC(C)(C)C)cc2)cc1)NCCN. The fourth-order valence-electron chi connectivity index (χ4n) is 3.45. The Labute approximate surface area is 216 Å². The van der Waals surface area contributed by atoms with E-state index < -0.39 is 0 Å². The Hall–Kier alpha value is -3.29. The number of rotatable bonds is 12. The lowest BCUT2D eigenvalue weighted by Crippen LogP contribution is -2.41. The lowest BCUT2D eigenvalue weighted by atomic mass is 10.0. The molecule has 0 bridgehead atoms. The summed E-state index contributed by atoms with van der Waals surface area (Å²) in [6.07, 6.45) is 4.05. The molecule has 0 saturated carbocycles. The van der Waals surface area contributed by atoms with Crippen LogP contribution in [0, 0.1) is 0 Å². The van der Waals surface area contributed by atoms with Crippen LogP contribution in [0.5, 0.6) is 0 Å². The second-order valence-corrected chi connectivity index (χ2v) is 10.9. The van der Waals surface area contributed by atoms with Gasteiger partial charge < -0.3 is 32.7 Å². The van der Waals surface area contributed by atoms with Crippen molar-refractivity contribution in [3.05, 3.63) is 82.4 Å². The number of hydrogen-bond donors (Lipinski definition) is 6. The number of benzene rings is 2. The highest BCUT2D eigenvalue weighted by Crippen LogP contribution is 2.16. The number of nitrogens with two attached hydrogens (primary N) is 2. The van der Waals surface area contributed by atoms with Crippen molar-refractivity contribution in [3.63, 3.8) is 0 Å². The predicted molar refractivity (Wildman–Crippen MR) is 152 cm³/mol. The van der Waals surface area contributed by atoms with Crippen molar-refractivity contribution >= 4 is 17.9 Å². The van der Waals surface area contributed by atoms with Crippen LogP contribution in [0.25, 0.3) is 12.2 Å². The molecule has 0 heterocycles. The van der Waals surface area contributed by atoms with Crippen LogP contribution in [0.3, 0.4) is 0 Å². The second-order valence-electron chi connectivity index (χ2n) is 10.9. The Morgan fingerprint density at radius 3 is 1.28 bits per heavy atom. The zero-order chi connectivity index (χ0) is 26.8. The Bertz CT molecular complexity index is 942. The van der Waals surface area contributed by atoms with E-state index in [9.17, 15) is 4.79 Å². The van der Waals surface area contributed by atoms with E-state index in [1.807, 2.05) is 60.7 Å². The van der Waals surface area contributed by atoms with Crippen LogP contribution in [0.2, 0.25) is 0 Å². The Morgan fingerprint density at radius 2 is 1.00 bits per heavy atom. The molecule has 7 heteroatoms. The molecule has 0 amide bonds. The third-order valence-electron chi connectivity index (χ3n) is 4.91. The largest absolute Gasteiger partial charge is 0.371 e. The topological polar surface area (TPSA) is 117 Å². The maximum absolute atomic E-state index is 13.1. The smallest absolute Gasteiger partial charge is 0.193 e. The highest BCUT2D eigenvalue weighted by Gasteiger charge is 2.13. The molecule has 0 spiro atoms. The van der Waals surface area contributed by atoms with Gasteiger partial charge in [-0.25, -0.2) is 0 Å². The molecule has 0 unspecified atom stereocenters. The lowest BCUT2D eigenvalue weighted by molar-refractivity contribution is 0.103. The number of hydrogen-bond acceptors (Lipinski definition) is 7. The van der Waals surface area contributed by atoms with Crippen molar-refractivity contribution in [2.45, 2.75) is 52.6 Å². The van der Waals surface area contributed by atoms with Gasteiger partial charge in [0.05, 0.1) is 11.6 Å². The number of ketones is 1. The van der Waals surface area contributed by atoms with Gasteiger partial charge in [0.15, 0.2) is 5.78 Å². The van der Waals surface area contributed by atoms with E-state index >= 15 is 0 Å². The first-order valence-electron chi connectivity index (χ1n) is 12.5. The van der Waals surface area contributed by atoms with Crippen LogP contribution in [-0.4, -0.2) is 43.0 Å². The Balaban J connectivity index is 2.17. The van der Waals surface area contributed by atoms with Crippen LogP contribution < -0.4 is 32.7 Å². The van der Waals surface area contributed by atoms with Crippen LogP contribution in [-0.2, 0) is 0 Å². The van der Waals surface area contributed by atoms with Gasteiger partial charge in [-0.2, -0.15) is 0 Å². The molecule has 196 valence electrons. The van der Waals surface area contributed by atoms with E-state index in [-0.39, 0.29) is 16.9 Å². The molecule has 2 rings (SSSR count). The maximum Gasteiger partial charge on any atom is 0.193 e. The number of carbonyl (C=O) groups excluding carboxylic acids is 1. The van der Waals surface area contributed by atoms with E-state index in [1.165, 1.54) is 0 Å². The lowest BCUT2D eigenvalue weighted by Gasteiger charge is -2.25. The summed E-state index contributed by atoms with van der Waals surface area (Å²) in [5, 5.41) is 13.5. The molecule has 0 radical (unpaired) electrons. The number of nitrogens with one attached hydrogen (secondary N) is 4. The minimum atomic E-state index is -0.0886. The summed E-state index contributed by atoms with van der Waals surface area (Å²) < 4.78 is 0. The molecule has 0 fully saturated rings. The molecule has 0 saturated heterocycles. The first kappa shape index (κ1) is 28.9. The van der Waals surface area contributed by atoms with Crippen LogP contribution in [0.1, 0.15) is 68.6 Å². The normalized spacial score (nSPS) is 12.8. The first-order valence-corrected chi connectivity index (χ1v) is 12.5. The summed E-state index contributed by atoms with van der Waals surface area (Å²) >= 11 is 0. The van der Waals surface area contributed by atoms with E-state index in [1.54, 1.807) is 0 Å². The Kier molecular flexibility index (Phi) is 10.6. The van der Waals surface area contributed by atoms with E-state index in [2.05, 4.69) is 62.8 Å². The van der Waals surface area contributed by atoms with Gasteiger partial charge in [0.1, 0.15) is 0 Å². The third-order valence-corrected chi connectivity index (χ3v) is 4.91. The molecule has 0 aliphatic heterocycles. The van der Waals surface area contributed by atoms with Gasteiger partial charge in [-0.05, 0) is 64.8 Å². The molecule has 8 N–H and O–H groups in total. The van der Waals surface area contributed by atoms with E-state index in [4.69, 9.17) is 11.5 Å². The van der Waals surface area contributed by atoms with Gasteiger partial charge in [0.2, 0.25) is 0 Å². The minimum Gasteiger partial charge on any atom is -0.371 e. The van der Waals surface area contributed by atoms with Crippen LogP contribution in [0.4, 0.5) is 0 Å². The van der Waals surface area contributed by atoms with Crippen LogP contribution >= 0.6 is 0 Å². The maximum atomic E-state index is 13.1. The zero-order valence-corrected chi connectivity index (χ0v) is 22.7. The molecule has 0 aliphatic rings. The first-order chi connectivity index (χ1) is 16.9. The predicted octanol–water partition coefficient (Wildman–Crippen LogP) is 3.39. The van der Waals surface area contributed by atoms with Gasteiger partial charge >= 0.3 is 0 Å². The quantitative estimate of drug-likeness (QED) is 0.252. The monoisotopic (exact) mass is 492 g/mol. The Morgan fingerprint density at radius 1 is 0.667 bits per heavy atom. The van der Waals surface area contributed by atoms with Gasteiger partial charge in [-0.1, -0.05) is 48.5 Å². The molecule has 2 aromatic carbocycles. The fraction of sp³-hybridized carbons (Fsp3) is 0.414. The van der Waals surface area contributed by atoms with Crippen molar-refractivity contribution in [2.75, 3.05) is 26.2 Å². The van der Waals surface area contributed by atoms with Gasteiger partial charge in [0, 0.05) is 48.4 Å². The summed E-state index contributed by atoms with van der Waals surface area (Å²) in [7, 11) is 0. The summed E-state index contributed by atoms with van der Waals surface area (Å²) in [5.74, 6) is 1.79. The average Bonchev–Trinajstić information content (AvgIpc) is 2.79. The van der Waals surface area contributed by atoms with Gasteiger partial charge in [-0.3, -0.25) is 4.79 Å². The molecule has 36 heavy (non-hydrogen) atoms. The van der Waals surface area contributed by atoms with Crippen molar-refractivity contribution < 1.29 is 4.79 Å². The third kappa shape index (κ3) is 10.5. The molecular weight excluding hydrogens is 448 g/mol. The molecule has 0 atom stereocenters. The highest BCUT2D eigenvalue weighted by molar-refractivity contribution is 6.09. The summed E-state index contributed by atoms with van der Waals surface area (Å²) in [6, 6.07) is 15.3. The molecular formula is C29H44N6O. The molecule has 0 aromatic heterocycles. The average molecular weight is 493 g/mol. The van der Waals surface area contributed by atoms with Crippen molar-refractivity contribution in [2.24, 2.45) is 11.5 Å². The van der Waals surface area contributed by atoms with Crippen molar-refractivity contribution in [1.82, 2.24) is 21.3 Å².